The number of aliphatic hydroxyl groups excluding tert-OH is 2. The average molecular weight is 967 g/mol. The number of aliphatic hydroxyl groups is 2. The summed E-state index contributed by atoms with van der Waals surface area (Å²) in [5.74, 6) is -0.0729. The van der Waals surface area contributed by atoms with Crippen LogP contribution in [0.1, 0.15) is 341 Å². The third-order valence-electron chi connectivity index (χ3n) is 14.5. The van der Waals surface area contributed by atoms with Gasteiger partial charge in [0.25, 0.3) is 0 Å². The van der Waals surface area contributed by atoms with Crippen molar-refractivity contribution in [3.63, 3.8) is 0 Å². The van der Waals surface area contributed by atoms with E-state index in [4.69, 9.17) is 0 Å². The molecule has 406 valence electrons. The number of unbranched alkanes of at least 4 members (excludes halogenated alkanes) is 45. The minimum Gasteiger partial charge on any atom is -0.394 e. The summed E-state index contributed by atoms with van der Waals surface area (Å²) < 4.78 is 0. The second-order valence-corrected chi connectivity index (χ2v) is 21.5. The van der Waals surface area contributed by atoms with E-state index in [9.17, 15) is 15.0 Å². The second kappa shape index (κ2) is 60.7. The predicted molar refractivity (Wildman–Crippen MR) is 308 cm³/mol. The molecule has 69 heavy (non-hydrogen) atoms. The number of nitrogens with one attached hydrogen (secondary N) is 1. The Morgan fingerprint density at radius 2 is 0.565 bits per heavy atom. The topological polar surface area (TPSA) is 69.6 Å². The average Bonchev–Trinajstić information content (AvgIpc) is 3.35. The van der Waals surface area contributed by atoms with Crippen LogP contribution in [0.25, 0.3) is 0 Å². The number of hydrogen-bond donors (Lipinski definition) is 3. The minimum absolute atomic E-state index is 0.0729. The van der Waals surface area contributed by atoms with Crippen LogP contribution in [0.5, 0.6) is 0 Å². The summed E-state index contributed by atoms with van der Waals surface area (Å²) in [6.07, 6.45) is 84.6. The summed E-state index contributed by atoms with van der Waals surface area (Å²) in [4.78, 5) is 12.5. The molecule has 0 saturated carbocycles. The van der Waals surface area contributed by atoms with Gasteiger partial charge in [0.05, 0.1) is 18.8 Å². The van der Waals surface area contributed by atoms with Crippen molar-refractivity contribution in [1.82, 2.24) is 5.32 Å². The molecule has 0 heterocycles. The Morgan fingerprint density at radius 3 is 0.841 bits per heavy atom. The van der Waals surface area contributed by atoms with E-state index in [0.717, 1.165) is 38.5 Å². The lowest BCUT2D eigenvalue weighted by molar-refractivity contribution is -0.123. The van der Waals surface area contributed by atoms with Gasteiger partial charge in [0.15, 0.2) is 0 Å². The van der Waals surface area contributed by atoms with E-state index in [2.05, 4.69) is 55.6 Å². The summed E-state index contributed by atoms with van der Waals surface area (Å²) >= 11 is 0. The lowest BCUT2D eigenvalue weighted by Crippen LogP contribution is -2.45. The normalized spacial score (nSPS) is 13.0. The first-order valence-corrected chi connectivity index (χ1v) is 31.4. The van der Waals surface area contributed by atoms with Crippen LogP contribution in [0, 0.1) is 0 Å². The molecule has 4 nitrogen and oxygen atoms in total. The molecule has 4 heteroatoms. The highest BCUT2D eigenvalue weighted by Crippen LogP contribution is 2.17. The molecule has 0 aromatic carbocycles. The van der Waals surface area contributed by atoms with Crippen LogP contribution < -0.4 is 5.32 Å². The van der Waals surface area contributed by atoms with E-state index in [1.165, 1.54) is 283 Å². The Morgan fingerprint density at radius 1 is 0.333 bits per heavy atom. The molecule has 0 radical (unpaired) electrons. The molecule has 0 saturated heterocycles. The highest BCUT2D eigenvalue weighted by molar-refractivity contribution is 5.76. The van der Waals surface area contributed by atoms with Crippen LogP contribution in [0.2, 0.25) is 0 Å². The lowest BCUT2D eigenvalue weighted by Gasteiger charge is -2.19. The highest BCUT2D eigenvalue weighted by atomic mass is 16.3. The van der Waals surface area contributed by atoms with Crippen LogP contribution in [0.3, 0.4) is 0 Å². The van der Waals surface area contributed by atoms with Crippen LogP contribution in [0.15, 0.2) is 48.6 Å². The maximum absolute atomic E-state index is 12.5. The Balaban J connectivity index is 3.48. The number of hydrogen-bond acceptors (Lipinski definition) is 3. The quantitative estimate of drug-likeness (QED) is 0.0420. The van der Waals surface area contributed by atoms with E-state index in [-0.39, 0.29) is 12.5 Å². The Kier molecular flexibility index (Phi) is 59.2. The van der Waals surface area contributed by atoms with Crippen LogP contribution in [-0.4, -0.2) is 34.9 Å². The lowest BCUT2D eigenvalue weighted by atomic mass is 10.0. The first kappa shape index (κ1) is 67.3. The van der Waals surface area contributed by atoms with E-state index in [1.54, 1.807) is 6.08 Å². The first-order chi connectivity index (χ1) is 34.2. The maximum atomic E-state index is 12.5. The summed E-state index contributed by atoms with van der Waals surface area (Å²) in [6.45, 7) is 4.33. The molecule has 3 N–H and O–H groups in total. The molecule has 0 aliphatic carbocycles. The number of allylic oxidation sites excluding steroid dienone is 7. The van der Waals surface area contributed by atoms with Crippen molar-refractivity contribution in [2.24, 2.45) is 0 Å². The molecule has 1 amide bonds. The monoisotopic (exact) mass is 966 g/mol. The van der Waals surface area contributed by atoms with Crippen LogP contribution in [0.4, 0.5) is 0 Å². The van der Waals surface area contributed by atoms with Gasteiger partial charge in [-0.25, -0.2) is 0 Å². The molecule has 0 spiro atoms. The Labute approximate surface area is 433 Å². The summed E-state index contributed by atoms with van der Waals surface area (Å²) in [5, 5.41) is 23.2. The van der Waals surface area contributed by atoms with Crippen molar-refractivity contribution >= 4 is 5.91 Å². The van der Waals surface area contributed by atoms with Gasteiger partial charge in [0.2, 0.25) is 5.91 Å². The van der Waals surface area contributed by atoms with Gasteiger partial charge in [-0.05, 0) is 70.6 Å². The molecule has 0 aromatic rings. The van der Waals surface area contributed by atoms with Gasteiger partial charge >= 0.3 is 0 Å². The number of amides is 1. The van der Waals surface area contributed by atoms with E-state index >= 15 is 0 Å². The SMILES string of the molecule is CCCCCCCCCCCCCC/C=C/CC/C=C/CC/C=C/C(O)C(CO)NC(=O)CCCCCCCCCCCCCCCCCCC/C=C\CCCCCCCCCCCCCCCC. The van der Waals surface area contributed by atoms with Crippen molar-refractivity contribution in [1.29, 1.82) is 0 Å². The predicted octanol–water partition coefficient (Wildman–Crippen LogP) is 21.0. The van der Waals surface area contributed by atoms with Gasteiger partial charge in [-0.3, -0.25) is 4.79 Å². The zero-order valence-corrected chi connectivity index (χ0v) is 46.8. The summed E-state index contributed by atoms with van der Waals surface area (Å²) in [7, 11) is 0. The molecular weight excluding hydrogens is 843 g/mol. The third-order valence-corrected chi connectivity index (χ3v) is 14.5. The first-order valence-electron chi connectivity index (χ1n) is 31.4. The molecular formula is C65H123NO3. The summed E-state index contributed by atoms with van der Waals surface area (Å²) in [5.41, 5.74) is 0. The van der Waals surface area contributed by atoms with E-state index < -0.39 is 12.1 Å². The van der Waals surface area contributed by atoms with Crippen LogP contribution in [-0.2, 0) is 4.79 Å². The molecule has 0 aliphatic rings. The molecule has 2 unspecified atom stereocenters. The molecule has 0 fully saturated rings. The number of rotatable bonds is 58. The zero-order valence-electron chi connectivity index (χ0n) is 46.8. The van der Waals surface area contributed by atoms with Gasteiger partial charge in [-0.2, -0.15) is 0 Å². The van der Waals surface area contributed by atoms with Gasteiger partial charge < -0.3 is 15.5 Å². The second-order valence-electron chi connectivity index (χ2n) is 21.5. The number of carbonyl (C=O) groups excluding carboxylic acids is 1. The van der Waals surface area contributed by atoms with Crippen molar-refractivity contribution < 1.29 is 15.0 Å². The molecule has 0 aliphatic heterocycles. The molecule has 0 aromatic heterocycles. The fraction of sp³-hybridized carbons (Fsp3) is 0.862. The number of carbonyl (C=O) groups is 1. The van der Waals surface area contributed by atoms with Gasteiger partial charge in [-0.15, -0.1) is 0 Å². The molecule has 0 rings (SSSR count). The van der Waals surface area contributed by atoms with Crippen molar-refractivity contribution in [3.05, 3.63) is 48.6 Å². The van der Waals surface area contributed by atoms with Gasteiger partial charge in [0.1, 0.15) is 0 Å². The summed E-state index contributed by atoms with van der Waals surface area (Å²) in [6, 6.07) is -0.646. The Hall–Kier alpha value is -1.65. The minimum atomic E-state index is -0.871. The molecule has 2 atom stereocenters. The zero-order chi connectivity index (χ0) is 49.9. The van der Waals surface area contributed by atoms with Crippen molar-refractivity contribution in [2.75, 3.05) is 6.61 Å². The highest BCUT2D eigenvalue weighted by Gasteiger charge is 2.18. The fourth-order valence-corrected chi connectivity index (χ4v) is 9.74. The van der Waals surface area contributed by atoms with Crippen molar-refractivity contribution in [3.8, 4) is 0 Å². The van der Waals surface area contributed by atoms with E-state index in [0.29, 0.717) is 6.42 Å². The largest absolute Gasteiger partial charge is 0.394 e. The molecule has 0 bridgehead atoms. The Bertz CT molecular complexity index is 1090. The van der Waals surface area contributed by atoms with E-state index in [1.807, 2.05) is 6.08 Å². The van der Waals surface area contributed by atoms with Crippen LogP contribution >= 0.6 is 0 Å². The maximum Gasteiger partial charge on any atom is 0.220 e. The van der Waals surface area contributed by atoms with Gasteiger partial charge in [0, 0.05) is 6.42 Å². The van der Waals surface area contributed by atoms with Crippen molar-refractivity contribution in [2.45, 2.75) is 353 Å². The van der Waals surface area contributed by atoms with Gasteiger partial charge in [-0.1, -0.05) is 313 Å². The smallest absolute Gasteiger partial charge is 0.220 e. The third kappa shape index (κ3) is 57.1. The fourth-order valence-electron chi connectivity index (χ4n) is 9.74. The standard InChI is InChI=1S/C65H123NO3/c1-3-5-7-9-11-13-15-17-19-21-23-25-27-28-29-30-31-32-33-34-35-36-37-38-39-41-43-45-47-49-51-53-55-57-59-61-65(69)66-63(62-67)64(68)60-58-56-54-52-50-48-46-44-42-40-26-24-22-20-18-16-14-12-10-8-6-4-2/h30-31,42,44,50,52,58,60,63-64,67-68H,3-29,32-41,43,45-49,51,53-57,59,61-62H2,1-2H3,(H,66,69)/b31-30-,44-42+,52-50+,60-58+.